The lowest BCUT2D eigenvalue weighted by Crippen LogP contribution is -2.29. The first kappa shape index (κ1) is 19.8. The summed E-state index contributed by atoms with van der Waals surface area (Å²) in [6, 6.07) is 7.77. The molecule has 31 heavy (non-hydrogen) atoms. The third-order valence-electron chi connectivity index (χ3n) is 6.15. The monoisotopic (exact) mass is 416 g/mol. The normalized spacial score (nSPS) is 15.6. The van der Waals surface area contributed by atoms with Gasteiger partial charge in [-0.2, -0.15) is 0 Å². The van der Waals surface area contributed by atoms with E-state index in [4.69, 9.17) is 4.98 Å². The smallest absolute Gasteiger partial charge is 0.258 e. The van der Waals surface area contributed by atoms with Crippen LogP contribution in [0.1, 0.15) is 24.6 Å². The van der Waals surface area contributed by atoms with Crippen molar-refractivity contribution in [1.29, 1.82) is 0 Å². The van der Waals surface area contributed by atoms with E-state index >= 15 is 0 Å². The summed E-state index contributed by atoms with van der Waals surface area (Å²) in [5, 5.41) is 0. The maximum absolute atomic E-state index is 13.0. The molecule has 5 heterocycles. The summed E-state index contributed by atoms with van der Waals surface area (Å²) in [5.41, 5.74) is 6.39. The summed E-state index contributed by atoms with van der Waals surface area (Å²) < 4.78 is 3.69. The molecule has 1 aliphatic heterocycles. The second kappa shape index (κ2) is 7.81. The highest BCUT2D eigenvalue weighted by atomic mass is 16.1. The zero-order chi connectivity index (χ0) is 21.5. The molecule has 7 heteroatoms. The molecule has 7 nitrogen and oxygen atoms in total. The molecular formula is C24H28N6O. The summed E-state index contributed by atoms with van der Waals surface area (Å²) in [6.07, 6.45) is 7.94. The molecule has 4 aromatic heterocycles. The topological polar surface area (TPSA) is 58.2 Å². The van der Waals surface area contributed by atoms with Crippen LogP contribution in [0.15, 0.2) is 47.7 Å². The molecule has 1 fully saturated rings. The van der Waals surface area contributed by atoms with Gasteiger partial charge in [-0.25, -0.2) is 9.97 Å². The Bertz CT molecular complexity index is 1320. The fourth-order valence-electron chi connectivity index (χ4n) is 4.42. The molecule has 0 aromatic carbocycles. The molecule has 0 spiro atoms. The van der Waals surface area contributed by atoms with Gasteiger partial charge < -0.3 is 14.2 Å². The highest BCUT2D eigenvalue weighted by molar-refractivity contribution is 5.66. The van der Waals surface area contributed by atoms with E-state index in [1.165, 1.54) is 0 Å². The molecule has 0 radical (unpaired) electrons. The molecular weight excluding hydrogens is 388 g/mol. The predicted molar refractivity (Wildman–Crippen MR) is 124 cm³/mol. The highest BCUT2D eigenvalue weighted by Gasteiger charge is 2.15. The Kier molecular flexibility index (Phi) is 4.98. The molecule has 0 N–H and O–H groups in total. The second-order valence-electron chi connectivity index (χ2n) is 8.46. The third kappa shape index (κ3) is 3.70. The fourth-order valence-corrected chi connectivity index (χ4v) is 4.42. The highest BCUT2D eigenvalue weighted by Crippen LogP contribution is 2.23. The maximum Gasteiger partial charge on any atom is 0.258 e. The van der Waals surface area contributed by atoms with Crippen LogP contribution < -0.4 is 10.5 Å². The SMILES string of the molecule is CCc1cc(-c2cc(=O)n3cc(N4CCCN(C)CC4)ccc3n2)cn2cc(C)nc12. The van der Waals surface area contributed by atoms with Crippen molar-refractivity contribution >= 4 is 17.0 Å². The Hall–Kier alpha value is -3.19. The van der Waals surface area contributed by atoms with Gasteiger partial charge >= 0.3 is 0 Å². The lowest BCUT2D eigenvalue weighted by atomic mass is 10.1. The number of rotatable bonds is 3. The zero-order valence-electron chi connectivity index (χ0n) is 18.4. The van der Waals surface area contributed by atoms with Crippen molar-refractivity contribution in [3.05, 3.63) is 64.5 Å². The van der Waals surface area contributed by atoms with Crippen LogP contribution in [-0.4, -0.2) is 56.9 Å². The molecule has 0 bridgehead atoms. The number of nitrogens with zero attached hydrogens (tertiary/aromatic N) is 6. The fraction of sp³-hybridized carbons (Fsp3) is 0.375. The van der Waals surface area contributed by atoms with Gasteiger partial charge in [-0.3, -0.25) is 9.20 Å². The van der Waals surface area contributed by atoms with Crippen LogP contribution in [0.4, 0.5) is 5.69 Å². The van der Waals surface area contributed by atoms with Gasteiger partial charge in [0.2, 0.25) is 0 Å². The predicted octanol–water partition coefficient (Wildman–Crippen LogP) is 3.02. The summed E-state index contributed by atoms with van der Waals surface area (Å²) in [7, 11) is 2.16. The van der Waals surface area contributed by atoms with Crippen LogP contribution in [0, 0.1) is 6.92 Å². The van der Waals surface area contributed by atoms with Crippen LogP contribution in [0.3, 0.4) is 0 Å². The summed E-state index contributed by atoms with van der Waals surface area (Å²) in [4.78, 5) is 27.2. The minimum absolute atomic E-state index is 0.0613. The summed E-state index contributed by atoms with van der Waals surface area (Å²) in [6.45, 7) is 8.21. The number of imidazole rings is 1. The Balaban J connectivity index is 1.56. The number of pyridine rings is 2. The number of aryl methyl sites for hydroxylation is 2. The van der Waals surface area contributed by atoms with Crippen molar-refractivity contribution in [2.24, 2.45) is 0 Å². The average Bonchev–Trinajstić information content (AvgIpc) is 3.01. The summed E-state index contributed by atoms with van der Waals surface area (Å²) in [5.74, 6) is 0. The van der Waals surface area contributed by atoms with Crippen molar-refractivity contribution < 1.29 is 0 Å². The number of hydrogen-bond acceptors (Lipinski definition) is 5. The largest absolute Gasteiger partial charge is 0.369 e. The zero-order valence-corrected chi connectivity index (χ0v) is 18.4. The molecule has 0 unspecified atom stereocenters. The van der Waals surface area contributed by atoms with Gasteiger partial charge in [-0.1, -0.05) is 6.92 Å². The van der Waals surface area contributed by atoms with E-state index in [1.54, 1.807) is 10.5 Å². The van der Waals surface area contributed by atoms with Crippen LogP contribution in [-0.2, 0) is 6.42 Å². The molecule has 0 saturated carbocycles. The molecule has 1 saturated heterocycles. The number of likely N-dealkylation sites (N-methyl/N-ethyl adjacent to an activating group) is 1. The molecule has 0 aliphatic carbocycles. The van der Waals surface area contributed by atoms with Gasteiger partial charge in [-0.05, 0) is 57.1 Å². The number of aromatic nitrogens is 4. The minimum Gasteiger partial charge on any atom is -0.369 e. The molecule has 0 atom stereocenters. The van der Waals surface area contributed by atoms with Crippen molar-refractivity contribution in [1.82, 2.24) is 23.7 Å². The van der Waals surface area contributed by atoms with Gasteiger partial charge in [0.25, 0.3) is 5.56 Å². The Morgan fingerprint density at radius 2 is 1.87 bits per heavy atom. The van der Waals surface area contributed by atoms with Crippen molar-refractivity contribution in [2.45, 2.75) is 26.7 Å². The molecule has 160 valence electrons. The van der Waals surface area contributed by atoms with Crippen LogP contribution in [0.2, 0.25) is 0 Å². The van der Waals surface area contributed by atoms with Gasteiger partial charge in [-0.15, -0.1) is 0 Å². The first-order valence-corrected chi connectivity index (χ1v) is 11.0. The van der Waals surface area contributed by atoms with Gasteiger partial charge in [0.15, 0.2) is 0 Å². The minimum atomic E-state index is -0.0613. The number of fused-ring (bicyclic) bond motifs is 2. The van der Waals surface area contributed by atoms with Crippen LogP contribution in [0.25, 0.3) is 22.6 Å². The van der Waals surface area contributed by atoms with E-state index in [9.17, 15) is 4.79 Å². The van der Waals surface area contributed by atoms with Gasteiger partial charge in [0, 0.05) is 49.9 Å². The maximum atomic E-state index is 13.0. The van der Waals surface area contributed by atoms with Crippen molar-refractivity contribution in [3.63, 3.8) is 0 Å². The van der Waals surface area contributed by atoms with E-state index in [0.717, 1.165) is 67.2 Å². The average molecular weight is 417 g/mol. The van der Waals surface area contributed by atoms with Gasteiger partial charge in [0.1, 0.15) is 11.3 Å². The first-order valence-electron chi connectivity index (χ1n) is 11.0. The molecule has 4 aromatic rings. The van der Waals surface area contributed by atoms with E-state index < -0.39 is 0 Å². The lowest BCUT2D eigenvalue weighted by molar-refractivity contribution is 0.360. The van der Waals surface area contributed by atoms with Gasteiger partial charge in [0.05, 0.1) is 17.1 Å². The van der Waals surface area contributed by atoms with E-state index in [2.05, 4.69) is 40.9 Å². The van der Waals surface area contributed by atoms with Crippen molar-refractivity contribution in [3.8, 4) is 11.3 Å². The second-order valence-corrected chi connectivity index (χ2v) is 8.46. The molecule has 1 aliphatic rings. The first-order chi connectivity index (χ1) is 15.0. The lowest BCUT2D eigenvalue weighted by Gasteiger charge is -2.23. The standard InChI is InChI=1S/C24H28N6O/c1-4-18-12-19(15-29-14-17(2)25-24(18)29)21-13-23(31)30-16-20(6-7-22(30)26-21)28-9-5-8-27(3)10-11-28/h6-7,12-16H,4-5,8-11H2,1-3H3. The van der Waals surface area contributed by atoms with Crippen LogP contribution in [0.5, 0.6) is 0 Å². The van der Waals surface area contributed by atoms with Crippen molar-refractivity contribution in [2.75, 3.05) is 38.1 Å². The third-order valence-corrected chi connectivity index (χ3v) is 6.15. The molecule has 5 rings (SSSR count). The van der Waals surface area contributed by atoms with E-state index in [0.29, 0.717) is 11.3 Å². The summed E-state index contributed by atoms with van der Waals surface area (Å²) >= 11 is 0. The number of anilines is 1. The van der Waals surface area contributed by atoms with Crippen LogP contribution >= 0.6 is 0 Å². The van der Waals surface area contributed by atoms with E-state index in [1.807, 2.05) is 36.0 Å². The Morgan fingerprint density at radius 3 is 2.71 bits per heavy atom. The van der Waals surface area contributed by atoms with E-state index in [-0.39, 0.29) is 5.56 Å². The molecule has 0 amide bonds. The number of hydrogen-bond donors (Lipinski definition) is 0. The Labute approximate surface area is 181 Å². The quantitative estimate of drug-likeness (QED) is 0.514. The Morgan fingerprint density at radius 1 is 1.00 bits per heavy atom.